The fourth-order valence-electron chi connectivity index (χ4n) is 2.81. The second-order valence-electron chi connectivity index (χ2n) is 5.28. The molecule has 0 amide bonds. The van der Waals surface area contributed by atoms with E-state index in [-0.39, 0.29) is 17.1 Å². The molecule has 1 N–H and O–H groups in total. The van der Waals surface area contributed by atoms with Gasteiger partial charge in [-0.25, -0.2) is 4.79 Å². The van der Waals surface area contributed by atoms with Gasteiger partial charge in [0, 0.05) is 7.11 Å². The molecular formula is C19H20O7. The first-order valence-electron chi connectivity index (χ1n) is 7.65. The van der Waals surface area contributed by atoms with Crippen molar-refractivity contribution >= 4 is 17.8 Å². The molecule has 2 rings (SSSR count). The molecule has 7 heteroatoms. The number of aliphatic hydroxyl groups excluding tert-OH is 1. The third-order valence-corrected chi connectivity index (χ3v) is 3.99. The van der Waals surface area contributed by atoms with Crippen molar-refractivity contribution in [1.82, 2.24) is 0 Å². The van der Waals surface area contributed by atoms with E-state index in [1.54, 1.807) is 18.2 Å². The van der Waals surface area contributed by atoms with Crippen LogP contribution >= 0.6 is 0 Å². The van der Waals surface area contributed by atoms with Crippen LogP contribution in [0.25, 0.3) is 6.08 Å². The molecule has 0 heterocycles. The van der Waals surface area contributed by atoms with Gasteiger partial charge >= 0.3 is 5.97 Å². The minimum absolute atomic E-state index is 0.164. The quantitative estimate of drug-likeness (QED) is 0.588. The molecular weight excluding hydrogens is 340 g/mol. The van der Waals surface area contributed by atoms with Crippen molar-refractivity contribution in [3.63, 3.8) is 0 Å². The third kappa shape index (κ3) is 2.97. The highest BCUT2D eigenvalue weighted by Gasteiger charge is 2.59. The predicted octanol–water partition coefficient (Wildman–Crippen LogP) is 2.16. The molecule has 0 saturated carbocycles. The molecule has 0 bridgehead atoms. The lowest BCUT2D eigenvalue weighted by atomic mass is 9.91. The summed E-state index contributed by atoms with van der Waals surface area (Å²) in [6.07, 6.45) is 2.78. The van der Waals surface area contributed by atoms with Crippen molar-refractivity contribution in [2.24, 2.45) is 0 Å². The lowest BCUT2D eigenvalue weighted by Gasteiger charge is -2.28. The number of hydrogen-bond acceptors (Lipinski definition) is 7. The molecule has 1 aliphatic carbocycles. The summed E-state index contributed by atoms with van der Waals surface area (Å²) >= 11 is 0. The average Bonchev–Trinajstić information content (AvgIpc) is 2.94. The van der Waals surface area contributed by atoms with Crippen LogP contribution in [0.1, 0.15) is 5.56 Å². The van der Waals surface area contributed by atoms with Gasteiger partial charge in [0.1, 0.15) is 0 Å². The van der Waals surface area contributed by atoms with E-state index in [1.807, 2.05) is 18.2 Å². The van der Waals surface area contributed by atoms with Crippen molar-refractivity contribution in [2.45, 2.75) is 5.60 Å². The van der Waals surface area contributed by atoms with Crippen molar-refractivity contribution < 1.29 is 33.6 Å². The summed E-state index contributed by atoms with van der Waals surface area (Å²) in [6.45, 7) is 0. The highest BCUT2D eigenvalue weighted by molar-refractivity contribution is 6.14. The Morgan fingerprint density at radius 3 is 2.19 bits per heavy atom. The number of ether oxygens (including phenoxy) is 4. The first-order valence-corrected chi connectivity index (χ1v) is 7.65. The van der Waals surface area contributed by atoms with Crippen LogP contribution in [-0.4, -0.2) is 50.9 Å². The fourth-order valence-corrected chi connectivity index (χ4v) is 2.81. The summed E-state index contributed by atoms with van der Waals surface area (Å²) in [5.74, 6) is -2.45. The molecule has 1 aromatic rings. The number of methoxy groups -OCH3 is 4. The van der Waals surface area contributed by atoms with Crippen LogP contribution in [0.5, 0.6) is 0 Å². The van der Waals surface area contributed by atoms with E-state index in [2.05, 4.69) is 0 Å². The van der Waals surface area contributed by atoms with Gasteiger partial charge < -0.3 is 24.1 Å². The predicted molar refractivity (Wildman–Crippen MR) is 92.9 cm³/mol. The molecule has 1 aliphatic rings. The van der Waals surface area contributed by atoms with E-state index in [9.17, 15) is 14.7 Å². The minimum Gasteiger partial charge on any atom is -0.504 e. The lowest BCUT2D eigenvalue weighted by Crippen LogP contribution is -2.46. The van der Waals surface area contributed by atoms with E-state index < -0.39 is 23.1 Å². The van der Waals surface area contributed by atoms with Crippen molar-refractivity contribution in [2.75, 3.05) is 28.4 Å². The van der Waals surface area contributed by atoms with Gasteiger partial charge in [-0.15, -0.1) is 0 Å². The molecule has 0 spiro atoms. The molecule has 1 aromatic carbocycles. The van der Waals surface area contributed by atoms with Crippen LogP contribution in [-0.2, 0) is 28.5 Å². The number of benzene rings is 1. The smallest absolute Gasteiger partial charge is 0.351 e. The van der Waals surface area contributed by atoms with Gasteiger partial charge in [0.05, 0.1) is 26.9 Å². The van der Waals surface area contributed by atoms with Crippen LogP contribution in [0.4, 0.5) is 0 Å². The van der Waals surface area contributed by atoms with E-state index in [0.717, 1.165) is 12.7 Å². The summed E-state index contributed by atoms with van der Waals surface area (Å²) < 4.78 is 20.4. The number of ketones is 1. The highest BCUT2D eigenvalue weighted by atomic mass is 16.6. The van der Waals surface area contributed by atoms with Crippen molar-refractivity contribution in [3.8, 4) is 0 Å². The maximum absolute atomic E-state index is 12.8. The van der Waals surface area contributed by atoms with Crippen LogP contribution in [0.15, 0.2) is 59.3 Å². The summed E-state index contributed by atoms with van der Waals surface area (Å²) in [4.78, 5) is 25.3. The van der Waals surface area contributed by atoms with Crippen LogP contribution in [0, 0.1) is 0 Å². The zero-order valence-corrected chi connectivity index (χ0v) is 14.9. The van der Waals surface area contributed by atoms with Crippen molar-refractivity contribution in [3.05, 3.63) is 64.8 Å². The first-order chi connectivity index (χ1) is 12.5. The Morgan fingerprint density at radius 1 is 1.04 bits per heavy atom. The number of carbonyl (C=O) groups is 2. The Kier molecular flexibility index (Phi) is 5.84. The topological polar surface area (TPSA) is 91.3 Å². The normalized spacial score (nSPS) is 19.8. The van der Waals surface area contributed by atoms with Gasteiger partial charge in [-0.1, -0.05) is 36.4 Å². The monoisotopic (exact) mass is 360 g/mol. The van der Waals surface area contributed by atoms with Gasteiger partial charge in [-0.3, -0.25) is 4.79 Å². The molecule has 0 radical (unpaired) electrons. The first kappa shape index (κ1) is 19.3. The standard InChI is InChI=1S/C19H20O7/c1-23-16-15(21)14(13(20)11-10-12-8-6-5-7-9-12)19(26-4,17(16)24-2)18(22)25-3/h5-11,21H,1-4H3/t19-/m0/s1. The Hall–Kier alpha value is -3.06. The van der Waals surface area contributed by atoms with Gasteiger partial charge in [0.15, 0.2) is 17.3 Å². The average molecular weight is 360 g/mol. The summed E-state index contributed by atoms with van der Waals surface area (Å²) in [5.41, 5.74) is -1.63. The van der Waals surface area contributed by atoms with E-state index in [0.29, 0.717) is 0 Å². The summed E-state index contributed by atoms with van der Waals surface area (Å²) in [6, 6.07) is 9.08. The van der Waals surface area contributed by atoms with E-state index in [1.165, 1.54) is 27.4 Å². The van der Waals surface area contributed by atoms with Crippen LogP contribution < -0.4 is 0 Å². The number of hydrogen-bond donors (Lipinski definition) is 1. The van der Waals surface area contributed by atoms with Crippen molar-refractivity contribution in [1.29, 1.82) is 0 Å². The highest BCUT2D eigenvalue weighted by Crippen LogP contribution is 2.44. The van der Waals surface area contributed by atoms with E-state index in [4.69, 9.17) is 18.9 Å². The molecule has 0 unspecified atom stereocenters. The largest absolute Gasteiger partial charge is 0.504 e. The molecule has 0 aromatic heterocycles. The number of carbonyl (C=O) groups excluding carboxylic acids is 2. The Labute approximate surface area is 151 Å². The molecule has 26 heavy (non-hydrogen) atoms. The second-order valence-corrected chi connectivity index (χ2v) is 5.28. The lowest BCUT2D eigenvalue weighted by molar-refractivity contribution is -0.161. The second kappa shape index (κ2) is 7.88. The molecule has 1 atom stereocenters. The number of aliphatic hydroxyl groups is 1. The molecule has 7 nitrogen and oxygen atoms in total. The van der Waals surface area contributed by atoms with Crippen LogP contribution in [0.2, 0.25) is 0 Å². The Bertz CT molecular complexity index is 789. The van der Waals surface area contributed by atoms with Gasteiger partial charge in [0.2, 0.25) is 5.76 Å². The SMILES string of the molecule is COC(=O)[C@@]1(OC)C(OC)=C(OC)C(O)=C1C(=O)C=Cc1ccccc1. The molecule has 138 valence electrons. The third-order valence-electron chi connectivity index (χ3n) is 3.99. The number of allylic oxidation sites excluding steroid dienone is 1. The Morgan fingerprint density at radius 2 is 1.69 bits per heavy atom. The van der Waals surface area contributed by atoms with Gasteiger partial charge in [0.25, 0.3) is 5.60 Å². The Balaban J connectivity index is 2.56. The molecule has 0 aliphatic heterocycles. The number of esters is 1. The number of rotatable bonds is 7. The fraction of sp³-hybridized carbons (Fsp3) is 0.263. The maximum Gasteiger partial charge on any atom is 0.351 e. The van der Waals surface area contributed by atoms with Crippen LogP contribution in [0.3, 0.4) is 0 Å². The summed E-state index contributed by atoms with van der Waals surface area (Å²) in [5, 5.41) is 10.5. The maximum atomic E-state index is 12.8. The zero-order valence-electron chi connectivity index (χ0n) is 14.9. The summed E-state index contributed by atoms with van der Waals surface area (Å²) in [7, 11) is 4.89. The zero-order chi connectivity index (χ0) is 19.3. The van der Waals surface area contributed by atoms with Gasteiger partial charge in [-0.2, -0.15) is 0 Å². The van der Waals surface area contributed by atoms with Gasteiger partial charge in [-0.05, 0) is 11.6 Å². The molecule has 0 fully saturated rings. The molecule has 0 saturated heterocycles. The van der Waals surface area contributed by atoms with E-state index >= 15 is 0 Å². The minimum atomic E-state index is -2.06.